The van der Waals surface area contributed by atoms with Gasteiger partial charge in [0.2, 0.25) is 10.0 Å². The highest BCUT2D eigenvalue weighted by Crippen LogP contribution is 2.22. The average molecular weight is 277 g/mol. The minimum atomic E-state index is -3.47. The van der Waals surface area contributed by atoms with Gasteiger partial charge in [0.1, 0.15) is 0 Å². The molecule has 0 saturated heterocycles. The van der Waals surface area contributed by atoms with Crippen molar-refractivity contribution in [3.63, 3.8) is 0 Å². The van der Waals surface area contributed by atoms with E-state index < -0.39 is 10.0 Å². The number of sulfonamides is 1. The third-order valence-corrected chi connectivity index (χ3v) is 4.75. The molecule has 0 atom stereocenters. The van der Waals surface area contributed by atoms with Crippen LogP contribution in [-0.4, -0.2) is 32.9 Å². The molecule has 4 nitrogen and oxygen atoms in total. The quantitative estimate of drug-likeness (QED) is 0.889. The Morgan fingerprint density at radius 1 is 1.41 bits per heavy atom. The van der Waals surface area contributed by atoms with Crippen molar-refractivity contribution in [2.45, 2.75) is 18.2 Å². The zero-order valence-corrected chi connectivity index (χ0v) is 11.6. The molecule has 0 aliphatic rings. The Balaban J connectivity index is 3.08. The number of halogens is 1. The minimum absolute atomic E-state index is 0.254. The SMILES string of the molecule is Cc1ccc(Cl)cc1S(=O)(=O)N(C)CCCN. The van der Waals surface area contributed by atoms with Crippen LogP contribution in [0.1, 0.15) is 12.0 Å². The Hall–Kier alpha value is -0.620. The van der Waals surface area contributed by atoms with Crippen LogP contribution in [0.3, 0.4) is 0 Å². The first kappa shape index (κ1) is 14.4. The number of benzene rings is 1. The van der Waals surface area contributed by atoms with Gasteiger partial charge in [0.15, 0.2) is 0 Å². The maximum atomic E-state index is 12.2. The summed E-state index contributed by atoms with van der Waals surface area (Å²) in [6.07, 6.45) is 0.634. The molecule has 0 fully saturated rings. The van der Waals surface area contributed by atoms with Crippen molar-refractivity contribution in [2.75, 3.05) is 20.1 Å². The van der Waals surface area contributed by atoms with E-state index in [1.54, 1.807) is 26.1 Å². The summed E-state index contributed by atoms with van der Waals surface area (Å²) in [5, 5.41) is 0.418. The smallest absolute Gasteiger partial charge is 0.243 e. The normalized spacial score (nSPS) is 12.1. The largest absolute Gasteiger partial charge is 0.330 e. The van der Waals surface area contributed by atoms with Crippen molar-refractivity contribution in [1.82, 2.24) is 4.31 Å². The molecule has 0 heterocycles. The van der Waals surface area contributed by atoms with Crippen LogP contribution in [0, 0.1) is 6.92 Å². The Morgan fingerprint density at radius 2 is 2.06 bits per heavy atom. The van der Waals surface area contributed by atoms with Gasteiger partial charge in [-0.3, -0.25) is 0 Å². The summed E-state index contributed by atoms with van der Waals surface area (Å²) >= 11 is 5.83. The number of aryl methyl sites for hydroxylation is 1. The first-order valence-corrected chi connectivity index (χ1v) is 7.14. The molecule has 1 aromatic rings. The van der Waals surface area contributed by atoms with Crippen LogP contribution in [-0.2, 0) is 10.0 Å². The lowest BCUT2D eigenvalue weighted by Gasteiger charge is -2.18. The first-order chi connectivity index (χ1) is 7.89. The topological polar surface area (TPSA) is 63.4 Å². The van der Waals surface area contributed by atoms with E-state index in [1.807, 2.05) is 0 Å². The third-order valence-electron chi connectivity index (χ3n) is 2.52. The van der Waals surface area contributed by atoms with Gasteiger partial charge in [-0.15, -0.1) is 0 Å². The third kappa shape index (κ3) is 3.42. The maximum absolute atomic E-state index is 12.2. The van der Waals surface area contributed by atoms with Gasteiger partial charge in [0, 0.05) is 18.6 Å². The number of nitrogens with zero attached hydrogens (tertiary/aromatic N) is 1. The van der Waals surface area contributed by atoms with E-state index in [2.05, 4.69) is 0 Å². The van der Waals surface area contributed by atoms with Gasteiger partial charge in [-0.1, -0.05) is 17.7 Å². The Bertz CT molecular complexity index is 488. The molecular weight excluding hydrogens is 260 g/mol. The maximum Gasteiger partial charge on any atom is 0.243 e. The number of hydrogen-bond donors (Lipinski definition) is 1. The summed E-state index contributed by atoms with van der Waals surface area (Å²) < 4.78 is 25.8. The highest BCUT2D eigenvalue weighted by Gasteiger charge is 2.22. The molecule has 0 unspecified atom stereocenters. The number of nitrogens with two attached hydrogens (primary N) is 1. The summed E-state index contributed by atoms with van der Waals surface area (Å²) in [5.74, 6) is 0. The highest BCUT2D eigenvalue weighted by molar-refractivity contribution is 7.89. The van der Waals surface area contributed by atoms with E-state index >= 15 is 0 Å². The molecule has 2 N–H and O–H groups in total. The minimum Gasteiger partial charge on any atom is -0.330 e. The number of rotatable bonds is 5. The molecule has 0 spiro atoms. The Morgan fingerprint density at radius 3 is 2.65 bits per heavy atom. The van der Waals surface area contributed by atoms with Crippen molar-refractivity contribution in [3.8, 4) is 0 Å². The van der Waals surface area contributed by atoms with E-state index in [0.717, 1.165) is 0 Å². The van der Waals surface area contributed by atoms with E-state index in [9.17, 15) is 8.42 Å². The molecule has 0 aliphatic carbocycles. The molecule has 96 valence electrons. The standard InChI is InChI=1S/C11H17ClN2O2S/c1-9-4-5-10(12)8-11(9)17(15,16)14(2)7-3-6-13/h4-5,8H,3,6-7,13H2,1-2H3. The summed E-state index contributed by atoms with van der Waals surface area (Å²) in [6.45, 7) is 2.62. The van der Waals surface area contributed by atoms with Crippen LogP contribution in [0.25, 0.3) is 0 Å². The average Bonchev–Trinajstić information content (AvgIpc) is 2.28. The lowest BCUT2D eigenvalue weighted by molar-refractivity contribution is 0.463. The Labute approximate surface area is 107 Å². The van der Waals surface area contributed by atoms with E-state index in [4.69, 9.17) is 17.3 Å². The van der Waals surface area contributed by atoms with Crippen molar-refractivity contribution in [3.05, 3.63) is 28.8 Å². The number of hydrogen-bond acceptors (Lipinski definition) is 3. The van der Waals surface area contributed by atoms with Crippen LogP contribution in [0.2, 0.25) is 5.02 Å². The fraction of sp³-hybridized carbons (Fsp3) is 0.455. The molecule has 0 radical (unpaired) electrons. The second-order valence-corrected chi connectivity index (χ2v) is 6.33. The van der Waals surface area contributed by atoms with Gasteiger partial charge < -0.3 is 5.73 Å². The summed E-state index contributed by atoms with van der Waals surface area (Å²) in [6, 6.07) is 4.85. The van der Waals surface area contributed by atoms with Crippen LogP contribution < -0.4 is 5.73 Å². The fourth-order valence-electron chi connectivity index (χ4n) is 1.45. The zero-order valence-electron chi connectivity index (χ0n) is 9.98. The van der Waals surface area contributed by atoms with Gasteiger partial charge in [0.25, 0.3) is 0 Å². The summed E-state index contributed by atoms with van der Waals surface area (Å²) in [7, 11) is -1.92. The second-order valence-electron chi connectivity index (χ2n) is 3.88. The zero-order chi connectivity index (χ0) is 13.1. The molecular formula is C11H17ClN2O2S. The van der Waals surface area contributed by atoms with E-state index in [1.165, 1.54) is 10.4 Å². The predicted octanol–water partition coefficient (Wildman–Crippen LogP) is 1.62. The highest BCUT2D eigenvalue weighted by atomic mass is 35.5. The second kappa shape index (κ2) is 5.82. The van der Waals surface area contributed by atoms with Crippen molar-refractivity contribution in [1.29, 1.82) is 0 Å². The van der Waals surface area contributed by atoms with Crippen molar-refractivity contribution >= 4 is 21.6 Å². The summed E-state index contributed by atoms with van der Waals surface area (Å²) in [5.41, 5.74) is 6.06. The fourth-order valence-corrected chi connectivity index (χ4v) is 3.15. The molecule has 0 aliphatic heterocycles. The molecule has 17 heavy (non-hydrogen) atoms. The molecule has 1 rings (SSSR count). The van der Waals surface area contributed by atoms with Gasteiger partial charge in [-0.25, -0.2) is 12.7 Å². The lowest BCUT2D eigenvalue weighted by Crippen LogP contribution is -2.29. The van der Waals surface area contributed by atoms with Gasteiger partial charge in [-0.05, 0) is 37.6 Å². The molecule has 1 aromatic carbocycles. The summed E-state index contributed by atoms with van der Waals surface area (Å²) in [4.78, 5) is 0.254. The van der Waals surface area contributed by atoms with Crippen molar-refractivity contribution < 1.29 is 8.42 Å². The molecule has 0 bridgehead atoms. The van der Waals surface area contributed by atoms with Gasteiger partial charge in [0.05, 0.1) is 4.90 Å². The van der Waals surface area contributed by atoms with E-state index in [-0.39, 0.29) is 4.90 Å². The lowest BCUT2D eigenvalue weighted by atomic mass is 10.2. The monoisotopic (exact) mass is 276 g/mol. The van der Waals surface area contributed by atoms with Crippen LogP contribution in [0.15, 0.2) is 23.1 Å². The first-order valence-electron chi connectivity index (χ1n) is 5.32. The molecule has 0 saturated carbocycles. The molecule has 0 amide bonds. The van der Waals surface area contributed by atoms with Gasteiger partial charge >= 0.3 is 0 Å². The predicted molar refractivity (Wildman–Crippen MR) is 69.7 cm³/mol. The van der Waals surface area contributed by atoms with Gasteiger partial charge in [-0.2, -0.15) is 0 Å². The Kier molecular flexibility index (Phi) is 4.94. The molecule has 0 aromatic heterocycles. The molecule has 6 heteroatoms. The van der Waals surface area contributed by atoms with E-state index in [0.29, 0.717) is 30.1 Å². The van der Waals surface area contributed by atoms with Crippen LogP contribution in [0.4, 0.5) is 0 Å². The van der Waals surface area contributed by atoms with Crippen LogP contribution in [0.5, 0.6) is 0 Å². The van der Waals surface area contributed by atoms with Crippen LogP contribution >= 0.6 is 11.6 Å². The van der Waals surface area contributed by atoms with Crippen molar-refractivity contribution in [2.24, 2.45) is 5.73 Å².